The predicted molar refractivity (Wildman–Crippen MR) is 119 cm³/mol. The fraction of sp³-hybridized carbons (Fsp3) is 0.0435. The Morgan fingerprint density at radius 2 is 1.84 bits per heavy atom. The minimum absolute atomic E-state index is 0.0518. The molecule has 0 saturated carbocycles. The van der Waals surface area contributed by atoms with Gasteiger partial charge < -0.3 is 9.87 Å². The summed E-state index contributed by atoms with van der Waals surface area (Å²) in [5.41, 5.74) is 1.87. The minimum atomic E-state index is -1.84. The molecule has 1 atom stereocenters. The number of nitrogens with one attached hydrogen (secondary N) is 2. The number of halogens is 3. The van der Waals surface area contributed by atoms with Gasteiger partial charge in [-0.05, 0) is 53.6 Å². The molecule has 5 nitrogen and oxygen atoms in total. The molecule has 2 N–H and O–H groups in total. The van der Waals surface area contributed by atoms with Crippen LogP contribution in [0.3, 0.4) is 0 Å². The smallest absolute Gasteiger partial charge is 0.251 e. The lowest BCUT2D eigenvalue weighted by molar-refractivity contribution is 0.0951. The van der Waals surface area contributed by atoms with Gasteiger partial charge in [0.05, 0.1) is 16.3 Å². The van der Waals surface area contributed by atoms with Gasteiger partial charge in [-0.1, -0.05) is 29.8 Å². The maximum absolute atomic E-state index is 13.4. The summed E-state index contributed by atoms with van der Waals surface area (Å²) >= 11 is 3.94. The molecule has 0 bridgehead atoms. The molecule has 1 aliphatic heterocycles. The standard InChI is InChI=1S/C23H15ClF2N2O3S/c24-18-9-14(3-7-19(18)26)10-21-22(29)17-11-15(4-8-20(17)28-32(21)31)23(30)27-12-13-1-5-16(25)6-2-13/h1-11,28H,12H2,(H,27,30)/b21-10+. The molecule has 0 spiro atoms. The highest BCUT2D eigenvalue weighted by atomic mass is 35.5. The lowest BCUT2D eigenvalue weighted by Gasteiger charge is -2.21. The first-order chi connectivity index (χ1) is 15.3. The quantitative estimate of drug-likeness (QED) is 0.419. The first-order valence-corrected chi connectivity index (χ1v) is 10.9. The Bertz CT molecular complexity index is 1250. The molecule has 3 aromatic carbocycles. The van der Waals surface area contributed by atoms with Crippen LogP contribution in [0.4, 0.5) is 14.5 Å². The molecule has 9 heteroatoms. The first-order valence-electron chi connectivity index (χ1n) is 9.38. The van der Waals surface area contributed by atoms with Gasteiger partial charge in [-0.15, -0.1) is 0 Å². The Kier molecular flexibility index (Phi) is 6.27. The van der Waals surface area contributed by atoms with E-state index >= 15 is 0 Å². The van der Waals surface area contributed by atoms with Crippen LogP contribution in [0.15, 0.2) is 65.6 Å². The number of anilines is 1. The summed E-state index contributed by atoms with van der Waals surface area (Å²) in [5, 5.41) is 2.59. The molecule has 1 heterocycles. The van der Waals surface area contributed by atoms with Crippen molar-refractivity contribution in [2.45, 2.75) is 6.54 Å². The Balaban J connectivity index is 1.56. The van der Waals surface area contributed by atoms with Crippen LogP contribution in [-0.4, -0.2) is 16.2 Å². The van der Waals surface area contributed by atoms with Crippen LogP contribution < -0.4 is 10.0 Å². The summed E-state index contributed by atoms with van der Waals surface area (Å²) in [6.45, 7) is 0.183. The van der Waals surface area contributed by atoms with Crippen molar-refractivity contribution in [3.63, 3.8) is 0 Å². The number of rotatable bonds is 4. The number of benzene rings is 3. The third-order valence-electron chi connectivity index (χ3n) is 4.76. The van der Waals surface area contributed by atoms with Crippen LogP contribution in [0.2, 0.25) is 5.02 Å². The molecule has 0 fully saturated rings. The molecule has 1 amide bonds. The van der Waals surface area contributed by atoms with E-state index in [0.29, 0.717) is 16.8 Å². The fourth-order valence-electron chi connectivity index (χ4n) is 3.09. The van der Waals surface area contributed by atoms with Crippen molar-refractivity contribution in [1.82, 2.24) is 5.32 Å². The van der Waals surface area contributed by atoms with E-state index in [1.54, 1.807) is 12.1 Å². The second kappa shape index (κ2) is 9.12. The zero-order valence-corrected chi connectivity index (χ0v) is 17.9. The second-order valence-corrected chi connectivity index (χ2v) is 8.54. The second-order valence-electron chi connectivity index (χ2n) is 6.95. The van der Waals surface area contributed by atoms with Crippen LogP contribution >= 0.6 is 11.6 Å². The number of ketones is 1. The molecule has 1 aliphatic rings. The Morgan fingerprint density at radius 1 is 1.09 bits per heavy atom. The fourth-order valence-corrected chi connectivity index (χ4v) is 4.29. The molecule has 0 radical (unpaired) electrons. The van der Waals surface area contributed by atoms with Crippen molar-refractivity contribution in [3.05, 3.63) is 104 Å². The monoisotopic (exact) mass is 472 g/mol. The van der Waals surface area contributed by atoms with Gasteiger partial charge in [-0.2, -0.15) is 0 Å². The van der Waals surface area contributed by atoms with Crippen LogP contribution in [-0.2, 0) is 17.9 Å². The van der Waals surface area contributed by atoms with Crippen LogP contribution in [0.5, 0.6) is 0 Å². The number of carbonyl (C=O) groups is 2. The van der Waals surface area contributed by atoms with Crippen LogP contribution in [0, 0.1) is 11.6 Å². The van der Waals surface area contributed by atoms with Gasteiger partial charge in [-0.3, -0.25) is 9.59 Å². The zero-order valence-electron chi connectivity index (χ0n) is 16.3. The van der Waals surface area contributed by atoms with E-state index in [-0.39, 0.29) is 33.4 Å². The predicted octanol–water partition coefficient (Wildman–Crippen LogP) is 4.86. The molecular formula is C23H15ClF2N2O3S. The van der Waals surface area contributed by atoms with Crippen LogP contribution in [0.25, 0.3) is 6.08 Å². The third-order valence-corrected chi connectivity index (χ3v) is 6.16. The number of hydrogen-bond acceptors (Lipinski definition) is 4. The van der Waals surface area contributed by atoms with Crippen molar-refractivity contribution < 1.29 is 22.9 Å². The van der Waals surface area contributed by atoms with Crippen molar-refractivity contribution in [2.24, 2.45) is 0 Å². The molecule has 3 aromatic rings. The highest BCUT2D eigenvalue weighted by Gasteiger charge is 2.34. The summed E-state index contributed by atoms with van der Waals surface area (Å²) in [4.78, 5) is 25.5. The van der Waals surface area contributed by atoms with Crippen molar-refractivity contribution in [2.75, 3.05) is 4.72 Å². The Morgan fingerprint density at radius 3 is 2.56 bits per heavy atom. The highest BCUT2D eigenvalue weighted by molar-refractivity contribution is 7.97. The van der Waals surface area contributed by atoms with Gasteiger partial charge in [0.15, 0.2) is 0 Å². The minimum Gasteiger partial charge on any atom is -0.588 e. The average molecular weight is 473 g/mol. The average Bonchev–Trinajstić information content (AvgIpc) is 2.78. The number of fused-ring (bicyclic) bond motifs is 1. The van der Waals surface area contributed by atoms with Crippen molar-refractivity contribution in [1.29, 1.82) is 0 Å². The summed E-state index contributed by atoms with van der Waals surface area (Å²) in [6.07, 6.45) is 1.36. The van der Waals surface area contributed by atoms with E-state index in [2.05, 4.69) is 10.0 Å². The summed E-state index contributed by atoms with van der Waals surface area (Å²) in [7, 11) is 0. The molecule has 0 saturated heterocycles. The van der Waals surface area contributed by atoms with Gasteiger partial charge in [-0.25, -0.2) is 13.5 Å². The number of hydrogen-bond donors (Lipinski definition) is 2. The first kappa shape index (κ1) is 22.0. The lowest BCUT2D eigenvalue weighted by Crippen LogP contribution is -2.28. The maximum atomic E-state index is 13.4. The van der Waals surface area contributed by atoms with E-state index in [1.807, 2.05) is 0 Å². The number of Topliss-reactive ketones (excluding diaryl/α,β-unsaturated/α-hetero) is 1. The summed E-state index contributed by atoms with van der Waals surface area (Å²) < 4.78 is 41.6. The molecule has 0 aliphatic carbocycles. The molecule has 32 heavy (non-hydrogen) atoms. The SMILES string of the molecule is O=C(NCc1ccc(F)cc1)c1ccc2c(c1)C(=O)/C(=C\c1ccc(F)c(Cl)c1)[S+]([O-])N2. The van der Waals surface area contributed by atoms with E-state index < -0.39 is 28.9 Å². The molecule has 1 unspecified atom stereocenters. The summed E-state index contributed by atoms with van der Waals surface area (Å²) in [5.74, 6) is -1.92. The van der Waals surface area contributed by atoms with E-state index in [9.17, 15) is 22.9 Å². The molecule has 4 rings (SSSR count). The molecule has 162 valence electrons. The normalized spacial score (nSPS) is 16.4. The van der Waals surface area contributed by atoms with Crippen molar-refractivity contribution >= 4 is 46.4 Å². The highest BCUT2D eigenvalue weighted by Crippen LogP contribution is 2.32. The maximum Gasteiger partial charge on any atom is 0.251 e. The van der Waals surface area contributed by atoms with E-state index in [1.165, 1.54) is 48.5 Å². The lowest BCUT2D eigenvalue weighted by atomic mass is 10.0. The number of carbonyl (C=O) groups excluding carboxylic acids is 2. The Labute approximate surface area is 190 Å². The Hall–Kier alpha value is -3.20. The van der Waals surface area contributed by atoms with Gasteiger partial charge >= 0.3 is 0 Å². The van der Waals surface area contributed by atoms with E-state index in [4.69, 9.17) is 11.6 Å². The van der Waals surface area contributed by atoms with E-state index in [0.717, 1.165) is 6.07 Å². The van der Waals surface area contributed by atoms with Gasteiger partial charge in [0, 0.05) is 18.2 Å². The largest absolute Gasteiger partial charge is 0.588 e. The third kappa shape index (κ3) is 4.67. The molecule has 0 aromatic heterocycles. The number of allylic oxidation sites excluding steroid dienone is 1. The van der Waals surface area contributed by atoms with Gasteiger partial charge in [0.1, 0.15) is 23.0 Å². The summed E-state index contributed by atoms with van der Waals surface area (Å²) in [6, 6.07) is 14.0. The topological polar surface area (TPSA) is 81.3 Å². The van der Waals surface area contributed by atoms with Gasteiger partial charge in [0.2, 0.25) is 10.7 Å². The number of amides is 1. The van der Waals surface area contributed by atoms with Gasteiger partial charge in [0.25, 0.3) is 5.91 Å². The van der Waals surface area contributed by atoms with Crippen molar-refractivity contribution in [3.8, 4) is 0 Å². The van der Waals surface area contributed by atoms with Crippen LogP contribution in [0.1, 0.15) is 31.8 Å². The molecular weight excluding hydrogens is 458 g/mol. The zero-order chi connectivity index (χ0) is 22.8.